The van der Waals surface area contributed by atoms with Gasteiger partial charge in [0, 0.05) is 24.5 Å². The molecule has 2 saturated carbocycles. The van der Waals surface area contributed by atoms with Crippen LogP contribution >= 0.6 is 0 Å². The first-order valence-electron chi connectivity index (χ1n) is 16.6. The summed E-state index contributed by atoms with van der Waals surface area (Å²) in [5.74, 6) is 0.377. The van der Waals surface area contributed by atoms with Crippen LogP contribution in [0.1, 0.15) is 108 Å². The van der Waals surface area contributed by atoms with Crippen LogP contribution in [0.4, 0.5) is 11.4 Å². The summed E-state index contributed by atoms with van der Waals surface area (Å²) in [7, 11) is 0. The highest BCUT2D eigenvalue weighted by Crippen LogP contribution is 2.34. The monoisotopic (exact) mass is 604 g/mol. The minimum absolute atomic E-state index is 0.0396. The Morgan fingerprint density at radius 2 is 1.20 bits per heavy atom. The first-order valence-corrected chi connectivity index (χ1v) is 16.6. The van der Waals surface area contributed by atoms with E-state index in [1.807, 2.05) is 24.3 Å². The van der Waals surface area contributed by atoms with Gasteiger partial charge in [0.2, 0.25) is 11.8 Å². The maximum Gasteiger partial charge on any atom is 0.326 e. The van der Waals surface area contributed by atoms with Gasteiger partial charge in [-0.3, -0.25) is 14.4 Å². The van der Waals surface area contributed by atoms with Crippen LogP contribution in [0.15, 0.2) is 48.5 Å². The number of nitrogens with zero attached hydrogens (tertiary/aromatic N) is 1. The molecule has 0 heterocycles. The number of esters is 1. The number of ether oxygens (including phenoxy) is 1. The molecule has 0 saturated heterocycles. The largest absolute Gasteiger partial charge is 0.459 e. The van der Waals surface area contributed by atoms with Crippen LogP contribution in [-0.4, -0.2) is 61.0 Å². The summed E-state index contributed by atoms with van der Waals surface area (Å²) in [6.45, 7) is 5.80. The maximum atomic E-state index is 13.2. The Labute approximate surface area is 263 Å². The molecule has 8 heteroatoms. The Balaban J connectivity index is 1.23. The topological polar surface area (TPSA) is 99.8 Å². The molecule has 0 radical (unpaired) electrons. The van der Waals surface area contributed by atoms with Gasteiger partial charge in [-0.2, -0.15) is 0 Å². The minimum Gasteiger partial charge on any atom is -0.459 e. The smallest absolute Gasteiger partial charge is 0.326 e. The van der Waals surface area contributed by atoms with Crippen LogP contribution in [0.25, 0.3) is 0 Å². The van der Waals surface area contributed by atoms with Gasteiger partial charge in [0.15, 0.2) is 0 Å². The number of hydrogen-bond donors (Lipinski definition) is 3. The van der Waals surface area contributed by atoms with Crippen molar-refractivity contribution in [3.8, 4) is 0 Å². The molecule has 2 aliphatic carbocycles. The molecular formula is C36H52N4O4. The highest BCUT2D eigenvalue weighted by Gasteiger charge is 2.22. The number of hydrogen-bond acceptors (Lipinski definition) is 6. The van der Waals surface area contributed by atoms with Gasteiger partial charge in [0.25, 0.3) is 0 Å². The zero-order valence-electron chi connectivity index (χ0n) is 27.0. The Morgan fingerprint density at radius 3 is 1.68 bits per heavy atom. The third-order valence-corrected chi connectivity index (χ3v) is 8.67. The number of benzene rings is 2. The van der Waals surface area contributed by atoms with Gasteiger partial charge >= 0.3 is 5.97 Å². The van der Waals surface area contributed by atoms with Crippen molar-refractivity contribution in [3.63, 3.8) is 0 Å². The van der Waals surface area contributed by atoms with E-state index in [9.17, 15) is 14.4 Å². The normalized spacial score (nSPS) is 16.2. The molecule has 3 N–H and O–H groups in total. The van der Waals surface area contributed by atoms with Gasteiger partial charge < -0.3 is 25.6 Å². The summed E-state index contributed by atoms with van der Waals surface area (Å²) in [6.07, 6.45) is 12.8. The molecule has 4 rings (SSSR count). The third-order valence-electron chi connectivity index (χ3n) is 8.67. The predicted octanol–water partition coefficient (Wildman–Crippen LogP) is 6.59. The van der Waals surface area contributed by atoms with Crippen molar-refractivity contribution in [2.45, 2.75) is 102 Å². The molecule has 0 aliphatic heterocycles. The lowest BCUT2D eigenvalue weighted by molar-refractivity contribution is -0.158. The van der Waals surface area contributed by atoms with Crippen molar-refractivity contribution in [3.05, 3.63) is 59.7 Å². The van der Waals surface area contributed by atoms with E-state index in [2.05, 4.69) is 40.2 Å². The molecule has 2 aromatic carbocycles. The summed E-state index contributed by atoms with van der Waals surface area (Å²) in [6, 6.07) is 16.7. The van der Waals surface area contributed by atoms with E-state index in [4.69, 9.17) is 4.74 Å². The molecule has 0 atom stereocenters. The predicted molar refractivity (Wildman–Crippen MR) is 177 cm³/mol. The van der Waals surface area contributed by atoms with Crippen LogP contribution in [0.2, 0.25) is 0 Å². The lowest BCUT2D eigenvalue weighted by atomic mass is 9.84. The lowest BCUT2D eigenvalue weighted by Crippen LogP contribution is -2.45. The van der Waals surface area contributed by atoms with Gasteiger partial charge in [-0.1, -0.05) is 62.8 Å². The maximum absolute atomic E-state index is 13.2. The lowest BCUT2D eigenvalue weighted by Gasteiger charge is -2.26. The Bertz CT molecular complexity index is 1190. The van der Waals surface area contributed by atoms with Gasteiger partial charge in [-0.05, 0) is 93.7 Å². The molecule has 2 aromatic rings. The van der Waals surface area contributed by atoms with Crippen molar-refractivity contribution in [2.24, 2.45) is 0 Å². The zero-order chi connectivity index (χ0) is 31.4. The number of carbonyl (C=O) groups excluding carboxylic acids is 3. The molecule has 2 aliphatic rings. The second kappa shape index (κ2) is 16.5. The quantitative estimate of drug-likeness (QED) is 0.223. The minimum atomic E-state index is -0.654. The van der Waals surface area contributed by atoms with E-state index in [0.717, 1.165) is 11.4 Å². The molecule has 8 nitrogen and oxygen atoms in total. The van der Waals surface area contributed by atoms with Gasteiger partial charge in [0.05, 0.1) is 13.1 Å². The third kappa shape index (κ3) is 11.2. The van der Waals surface area contributed by atoms with Crippen LogP contribution in [-0.2, 0) is 19.1 Å². The molecule has 240 valence electrons. The average molecular weight is 605 g/mol. The number of carbonyl (C=O) groups is 3. The summed E-state index contributed by atoms with van der Waals surface area (Å²) >= 11 is 0. The molecule has 2 amide bonds. The van der Waals surface area contributed by atoms with Crippen molar-refractivity contribution < 1.29 is 19.1 Å². The second-order valence-corrected chi connectivity index (χ2v) is 13.4. The van der Waals surface area contributed by atoms with E-state index in [1.54, 1.807) is 20.8 Å². The fraction of sp³-hybridized carbons (Fsp3) is 0.583. The summed E-state index contributed by atoms with van der Waals surface area (Å²) in [5.41, 5.74) is 3.84. The van der Waals surface area contributed by atoms with E-state index in [0.29, 0.717) is 11.8 Å². The van der Waals surface area contributed by atoms with E-state index in [1.165, 1.54) is 80.2 Å². The first-order chi connectivity index (χ1) is 21.2. The van der Waals surface area contributed by atoms with Gasteiger partial charge in [-0.25, -0.2) is 0 Å². The van der Waals surface area contributed by atoms with Crippen LogP contribution in [0.5, 0.6) is 0 Å². The molecule has 44 heavy (non-hydrogen) atoms. The Hall–Kier alpha value is -3.55. The number of nitrogens with one attached hydrogen (secondary N) is 3. The SMILES string of the molecule is CC(C)(C)OC(=O)CN(CCNC(=O)CNc1ccc(C2CCCCC2)cc1)C(=O)CNc1ccc(C2CCCCC2)cc1. The van der Waals surface area contributed by atoms with Crippen molar-refractivity contribution in [2.75, 3.05) is 43.4 Å². The summed E-state index contributed by atoms with van der Waals surface area (Å²) in [5, 5.41) is 9.24. The second-order valence-electron chi connectivity index (χ2n) is 13.4. The Kier molecular flexibility index (Phi) is 12.5. The number of anilines is 2. The van der Waals surface area contributed by atoms with Crippen molar-refractivity contribution in [1.82, 2.24) is 10.2 Å². The fourth-order valence-corrected chi connectivity index (χ4v) is 6.30. The first kappa shape index (κ1) is 33.3. The molecular weight excluding hydrogens is 552 g/mol. The highest BCUT2D eigenvalue weighted by atomic mass is 16.6. The van der Waals surface area contributed by atoms with Crippen molar-refractivity contribution >= 4 is 29.2 Å². The highest BCUT2D eigenvalue weighted by molar-refractivity contribution is 5.85. The van der Waals surface area contributed by atoms with E-state index >= 15 is 0 Å². The summed E-state index contributed by atoms with van der Waals surface area (Å²) < 4.78 is 5.46. The number of rotatable bonds is 13. The van der Waals surface area contributed by atoms with Crippen LogP contribution in [0, 0.1) is 0 Å². The van der Waals surface area contributed by atoms with Gasteiger partial charge in [0.1, 0.15) is 12.1 Å². The summed E-state index contributed by atoms with van der Waals surface area (Å²) in [4.78, 5) is 39.8. The van der Waals surface area contributed by atoms with Crippen LogP contribution in [0.3, 0.4) is 0 Å². The van der Waals surface area contributed by atoms with E-state index < -0.39 is 11.6 Å². The van der Waals surface area contributed by atoms with E-state index in [-0.39, 0.29) is 44.5 Å². The molecule has 0 spiro atoms. The number of amides is 2. The zero-order valence-corrected chi connectivity index (χ0v) is 27.0. The molecule has 0 unspecified atom stereocenters. The molecule has 0 aromatic heterocycles. The fourth-order valence-electron chi connectivity index (χ4n) is 6.30. The standard InChI is InChI=1S/C36H52N4O4/c1-36(2,3)44-35(43)26-40(34(42)25-39-32-20-16-30(17-21-32)28-12-8-5-9-13-28)23-22-37-33(41)24-38-31-18-14-29(15-19-31)27-10-6-4-7-11-27/h14-21,27-28,38-39H,4-13,22-26H2,1-3H3,(H,37,41). The molecule has 0 bridgehead atoms. The van der Waals surface area contributed by atoms with Gasteiger partial charge in [-0.15, -0.1) is 0 Å². The van der Waals surface area contributed by atoms with Crippen molar-refractivity contribution in [1.29, 1.82) is 0 Å². The van der Waals surface area contributed by atoms with Crippen LogP contribution < -0.4 is 16.0 Å². The Morgan fingerprint density at radius 1 is 0.727 bits per heavy atom. The average Bonchev–Trinajstić information content (AvgIpc) is 3.02. The molecule has 2 fully saturated rings.